The Labute approximate surface area is 120 Å². The predicted molar refractivity (Wildman–Crippen MR) is 83.9 cm³/mol. The quantitative estimate of drug-likeness (QED) is 0.920. The van der Waals surface area contributed by atoms with Crippen molar-refractivity contribution in [1.29, 1.82) is 0 Å². The lowest BCUT2D eigenvalue weighted by Gasteiger charge is -2.23. The van der Waals surface area contributed by atoms with E-state index in [2.05, 4.69) is 53.7 Å². The van der Waals surface area contributed by atoms with Gasteiger partial charge in [-0.2, -0.15) is 0 Å². The second-order valence-corrected chi connectivity index (χ2v) is 5.25. The number of rotatable bonds is 4. The summed E-state index contributed by atoms with van der Waals surface area (Å²) >= 11 is 0. The van der Waals surface area contributed by atoms with Crippen molar-refractivity contribution in [1.82, 2.24) is 0 Å². The van der Waals surface area contributed by atoms with Crippen molar-refractivity contribution in [3.63, 3.8) is 0 Å². The van der Waals surface area contributed by atoms with Gasteiger partial charge in [0.2, 0.25) is 0 Å². The minimum absolute atomic E-state index is 0.530. The number of fused-ring (bicyclic) bond motifs is 1. The monoisotopic (exact) mass is 268 g/mol. The Morgan fingerprint density at radius 2 is 2.05 bits per heavy atom. The molecule has 2 aromatic rings. The van der Waals surface area contributed by atoms with Crippen molar-refractivity contribution in [2.24, 2.45) is 0 Å². The van der Waals surface area contributed by atoms with E-state index in [9.17, 15) is 0 Å². The minimum Gasteiger partial charge on any atom is -0.497 e. The number of nitrogens with one attached hydrogen (secondary N) is 1. The van der Waals surface area contributed by atoms with Crippen molar-refractivity contribution in [2.45, 2.75) is 5.92 Å². The molecule has 0 radical (unpaired) electrons. The van der Waals surface area contributed by atoms with E-state index >= 15 is 0 Å². The highest BCUT2D eigenvalue weighted by Crippen LogP contribution is 2.32. The summed E-state index contributed by atoms with van der Waals surface area (Å²) in [4.78, 5) is 2.29. The van der Waals surface area contributed by atoms with E-state index in [1.807, 2.05) is 12.1 Å². The maximum absolute atomic E-state index is 5.29. The fraction of sp³-hybridized carbons (Fsp3) is 0.294. The Bertz CT molecular complexity index is 597. The second kappa shape index (κ2) is 5.45. The largest absolute Gasteiger partial charge is 0.497 e. The van der Waals surface area contributed by atoms with E-state index in [0.29, 0.717) is 5.92 Å². The van der Waals surface area contributed by atoms with Crippen molar-refractivity contribution in [3.8, 4) is 5.75 Å². The summed E-state index contributed by atoms with van der Waals surface area (Å²) in [6, 6.07) is 16.8. The first-order chi connectivity index (χ1) is 9.78. The number of likely N-dealkylation sites (N-methyl/N-ethyl adjacent to an activating group) is 1. The van der Waals surface area contributed by atoms with E-state index < -0.39 is 0 Å². The number of benzene rings is 2. The maximum atomic E-state index is 5.29. The van der Waals surface area contributed by atoms with Gasteiger partial charge >= 0.3 is 0 Å². The van der Waals surface area contributed by atoms with Gasteiger partial charge in [-0.3, -0.25) is 0 Å². The molecule has 0 spiro atoms. The molecule has 0 aliphatic carbocycles. The molecule has 1 atom stereocenters. The van der Waals surface area contributed by atoms with E-state index in [-0.39, 0.29) is 0 Å². The third-order valence-electron chi connectivity index (χ3n) is 3.93. The number of anilines is 2. The van der Waals surface area contributed by atoms with Gasteiger partial charge in [0.05, 0.1) is 7.11 Å². The van der Waals surface area contributed by atoms with E-state index in [1.165, 1.54) is 16.9 Å². The van der Waals surface area contributed by atoms with Crippen LogP contribution in [0.1, 0.15) is 11.5 Å². The smallest absolute Gasteiger partial charge is 0.120 e. The molecule has 1 aliphatic heterocycles. The van der Waals surface area contributed by atoms with Gasteiger partial charge in [0.25, 0.3) is 0 Å². The third-order valence-corrected chi connectivity index (χ3v) is 3.93. The van der Waals surface area contributed by atoms with Crippen LogP contribution in [0.15, 0.2) is 48.5 Å². The van der Waals surface area contributed by atoms with Gasteiger partial charge in [-0.25, -0.2) is 0 Å². The molecule has 104 valence electrons. The van der Waals surface area contributed by atoms with Gasteiger partial charge in [-0.1, -0.05) is 24.3 Å². The van der Waals surface area contributed by atoms with Crippen LogP contribution < -0.4 is 15.0 Å². The molecule has 3 nitrogen and oxygen atoms in total. The maximum Gasteiger partial charge on any atom is 0.120 e. The lowest BCUT2D eigenvalue weighted by atomic mass is 10.0. The molecule has 1 N–H and O–H groups in total. The molecule has 1 heterocycles. The number of para-hydroxylation sites is 1. The summed E-state index contributed by atoms with van der Waals surface area (Å²) in [5.41, 5.74) is 3.88. The van der Waals surface area contributed by atoms with Gasteiger partial charge < -0.3 is 15.0 Å². The predicted octanol–water partition coefficient (Wildman–Crippen LogP) is 3.34. The van der Waals surface area contributed by atoms with Crippen LogP contribution >= 0.6 is 0 Å². The van der Waals surface area contributed by atoms with Gasteiger partial charge in [-0.05, 0) is 23.8 Å². The topological polar surface area (TPSA) is 24.5 Å². The Hall–Kier alpha value is -2.16. The first kappa shape index (κ1) is 12.9. The molecule has 1 unspecified atom stereocenters. The molecule has 3 rings (SSSR count). The average molecular weight is 268 g/mol. The molecule has 3 heteroatoms. The van der Waals surface area contributed by atoms with Crippen LogP contribution in [-0.2, 0) is 0 Å². The van der Waals surface area contributed by atoms with Crippen LogP contribution in [0.5, 0.6) is 5.75 Å². The molecule has 1 aliphatic rings. The van der Waals surface area contributed by atoms with Crippen molar-refractivity contribution in [3.05, 3.63) is 54.1 Å². The number of hydrogen-bond donors (Lipinski definition) is 1. The van der Waals surface area contributed by atoms with Crippen molar-refractivity contribution < 1.29 is 4.74 Å². The third kappa shape index (κ3) is 2.44. The Morgan fingerprint density at radius 3 is 2.90 bits per heavy atom. The Kier molecular flexibility index (Phi) is 3.50. The van der Waals surface area contributed by atoms with Crippen LogP contribution in [0.3, 0.4) is 0 Å². The molecule has 20 heavy (non-hydrogen) atoms. The highest BCUT2D eigenvalue weighted by molar-refractivity contribution is 5.59. The lowest BCUT2D eigenvalue weighted by Crippen LogP contribution is -2.25. The molecule has 0 amide bonds. The van der Waals surface area contributed by atoms with Crippen LogP contribution in [0.4, 0.5) is 11.4 Å². The van der Waals surface area contributed by atoms with Crippen molar-refractivity contribution in [2.75, 3.05) is 37.5 Å². The molecular weight excluding hydrogens is 248 g/mol. The summed E-state index contributed by atoms with van der Waals surface area (Å²) in [5, 5.41) is 3.48. The molecule has 2 aromatic carbocycles. The first-order valence-electron chi connectivity index (χ1n) is 6.96. The summed E-state index contributed by atoms with van der Waals surface area (Å²) in [6.45, 7) is 2.00. The molecule has 0 fully saturated rings. The molecule has 0 saturated carbocycles. The molecule has 0 aromatic heterocycles. The molecule has 0 bridgehead atoms. The average Bonchev–Trinajstić information content (AvgIpc) is 2.90. The van der Waals surface area contributed by atoms with Gasteiger partial charge in [0.1, 0.15) is 5.75 Å². The minimum atomic E-state index is 0.530. The zero-order chi connectivity index (χ0) is 13.9. The Balaban J connectivity index is 1.75. The highest BCUT2D eigenvalue weighted by atomic mass is 16.5. The lowest BCUT2D eigenvalue weighted by molar-refractivity contribution is 0.415. The molecule has 0 saturated heterocycles. The van der Waals surface area contributed by atoms with Gasteiger partial charge in [-0.15, -0.1) is 0 Å². The normalized spacial score (nSPS) is 16.4. The van der Waals surface area contributed by atoms with Crippen LogP contribution in [0.2, 0.25) is 0 Å². The van der Waals surface area contributed by atoms with E-state index in [0.717, 1.165) is 18.8 Å². The van der Waals surface area contributed by atoms with Gasteiger partial charge in [0, 0.05) is 43.5 Å². The second-order valence-electron chi connectivity index (χ2n) is 5.25. The van der Waals surface area contributed by atoms with E-state index in [1.54, 1.807) is 7.11 Å². The highest BCUT2D eigenvalue weighted by Gasteiger charge is 2.22. The van der Waals surface area contributed by atoms with Gasteiger partial charge in [0.15, 0.2) is 0 Å². The number of methoxy groups -OCH3 is 1. The fourth-order valence-corrected chi connectivity index (χ4v) is 2.80. The number of ether oxygens (including phenoxy) is 1. The Morgan fingerprint density at radius 1 is 1.20 bits per heavy atom. The SMILES string of the molecule is COc1cccc(N(C)CC2CNc3ccccc32)c1. The summed E-state index contributed by atoms with van der Waals surface area (Å²) < 4.78 is 5.29. The first-order valence-corrected chi connectivity index (χ1v) is 6.96. The van der Waals surface area contributed by atoms with Crippen LogP contribution in [0, 0.1) is 0 Å². The van der Waals surface area contributed by atoms with Crippen molar-refractivity contribution >= 4 is 11.4 Å². The fourth-order valence-electron chi connectivity index (χ4n) is 2.80. The zero-order valence-corrected chi connectivity index (χ0v) is 12.0. The summed E-state index contributed by atoms with van der Waals surface area (Å²) in [6.07, 6.45) is 0. The standard InChI is InChI=1S/C17H20N2O/c1-19(14-6-5-7-15(10-14)20-2)12-13-11-18-17-9-4-3-8-16(13)17/h3-10,13,18H,11-12H2,1-2H3. The van der Waals surface area contributed by atoms with Crippen LogP contribution in [-0.4, -0.2) is 27.2 Å². The summed E-state index contributed by atoms with van der Waals surface area (Å²) in [5.74, 6) is 1.43. The number of nitrogens with zero attached hydrogens (tertiary/aromatic N) is 1. The zero-order valence-electron chi connectivity index (χ0n) is 12.0. The number of hydrogen-bond acceptors (Lipinski definition) is 3. The summed E-state index contributed by atoms with van der Waals surface area (Å²) in [7, 11) is 3.84. The van der Waals surface area contributed by atoms with E-state index in [4.69, 9.17) is 4.74 Å². The van der Waals surface area contributed by atoms with Crippen LogP contribution in [0.25, 0.3) is 0 Å². The molecular formula is C17H20N2O.